The fourth-order valence-corrected chi connectivity index (χ4v) is 1.97. The number of aryl methyl sites for hydroxylation is 1. The van der Waals surface area contributed by atoms with E-state index >= 15 is 0 Å². The van der Waals surface area contributed by atoms with Crippen molar-refractivity contribution >= 4 is 17.8 Å². The molecule has 0 spiro atoms. The van der Waals surface area contributed by atoms with Crippen LogP contribution in [0, 0.1) is 10.1 Å². The zero-order chi connectivity index (χ0) is 17.4. The summed E-state index contributed by atoms with van der Waals surface area (Å²) in [7, 11) is 0. The van der Waals surface area contributed by atoms with E-state index in [2.05, 4.69) is 10.5 Å². The molecule has 0 aliphatic heterocycles. The van der Waals surface area contributed by atoms with Gasteiger partial charge in [0, 0.05) is 12.1 Å². The van der Waals surface area contributed by atoms with Crippen LogP contribution in [0.1, 0.15) is 18.1 Å². The molecular weight excluding hydrogens is 310 g/mol. The molecule has 24 heavy (non-hydrogen) atoms. The zero-order valence-electron chi connectivity index (χ0n) is 13.1. The van der Waals surface area contributed by atoms with Crippen LogP contribution in [-0.4, -0.2) is 23.7 Å². The number of ether oxygens (including phenoxy) is 1. The third-order valence-corrected chi connectivity index (χ3v) is 3.22. The number of carbonyl (C=O) groups is 1. The number of hydrogen-bond donors (Lipinski definition) is 1. The Hall–Kier alpha value is -3.22. The lowest BCUT2D eigenvalue weighted by molar-refractivity contribution is -0.384. The molecule has 0 bridgehead atoms. The first-order chi connectivity index (χ1) is 11.6. The van der Waals surface area contributed by atoms with Gasteiger partial charge in [0.2, 0.25) is 0 Å². The van der Waals surface area contributed by atoms with Crippen molar-refractivity contribution < 1.29 is 14.5 Å². The van der Waals surface area contributed by atoms with Gasteiger partial charge in [-0.15, -0.1) is 0 Å². The van der Waals surface area contributed by atoms with Gasteiger partial charge in [0.1, 0.15) is 5.75 Å². The number of nitro groups is 1. The van der Waals surface area contributed by atoms with Gasteiger partial charge in [-0.1, -0.05) is 25.1 Å². The molecule has 0 aliphatic rings. The molecule has 7 heteroatoms. The van der Waals surface area contributed by atoms with E-state index in [1.54, 1.807) is 12.1 Å². The number of non-ortho nitro benzene ring substituents is 1. The Morgan fingerprint density at radius 3 is 2.62 bits per heavy atom. The van der Waals surface area contributed by atoms with Crippen molar-refractivity contribution in [3.05, 3.63) is 69.8 Å². The molecule has 124 valence electrons. The Morgan fingerprint density at radius 1 is 1.25 bits per heavy atom. The van der Waals surface area contributed by atoms with Gasteiger partial charge in [-0.2, -0.15) is 5.10 Å². The summed E-state index contributed by atoms with van der Waals surface area (Å²) in [5.74, 6) is 0.286. The Labute approximate surface area is 139 Å². The number of hydrazone groups is 1. The van der Waals surface area contributed by atoms with Gasteiger partial charge in [0.05, 0.1) is 11.1 Å². The highest BCUT2D eigenvalue weighted by Crippen LogP contribution is 2.17. The summed E-state index contributed by atoms with van der Waals surface area (Å²) in [6, 6.07) is 13.3. The van der Waals surface area contributed by atoms with E-state index in [1.165, 1.54) is 18.3 Å². The van der Waals surface area contributed by atoms with Crippen LogP contribution < -0.4 is 10.2 Å². The largest absolute Gasteiger partial charge is 0.483 e. The van der Waals surface area contributed by atoms with E-state index in [1.807, 2.05) is 31.2 Å². The number of benzene rings is 2. The molecule has 1 amide bonds. The lowest BCUT2D eigenvalue weighted by Crippen LogP contribution is -2.24. The molecule has 1 N–H and O–H groups in total. The molecule has 0 atom stereocenters. The van der Waals surface area contributed by atoms with Gasteiger partial charge in [-0.25, -0.2) is 5.43 Å². The van der Waals surface area contributed by atoms with E-state index in [-0.39, 0.29) is 18.2 Å². The molecule has 0 unspecified atom stereocenters. The van der Waals surface area contributed by atoms with Crippen molar-refractivity contribution in [3.63, 3.8) is 0 Å². The second-order valence-electron chi connectivity index (χ2n) is 4.89. The monoisotopic (exact) mass is 327 g/mol. The van der Waals surface area contributed by atoms with Crippen molar-refractivity contribution in [2.24, 2.45) is 5.10 Å². The number of para-hydroxylation sites is 1. The highest BCUT2D eigenvalue weighted by Gasteiger charge is 2.05. The molecule has 2 rings (SSSR count). The Kier molecular flexibility index (Phi) is 6.01. The van der Waals surface area contributed by atoms with Crippen LogP contribution in [0.15, 0.2) is 53.6 Å². The van der Waals surface area contributed by atoms with Crippen molar-refractivity contribution in [3.8, 4) is 5.75 Å². The van der Waals surface area contributed by atoms with Crippen LogP contribution >= 0.6 is 0 Å². The number of nitrogens with zero attached hydrogens (tertiary/aromatic N) is 2. The first-order valence-electron chi connectivity index (χ1n) is 7.37. The summed E-state index contributed by atoms with van der Waals surface area (Å²) >= 11 is 0. The number of amides is 1. The van der Waals surface area contributed by atoms with Crippen molar-refractivity contribution in [1.29, 1.82) is 0 Å². The van der Waals surface area contributed by atoms with Gasteiger partial charge in [-0.05, 0) is 35.7 Å². The average Bonchev–Trinajstić information content (AvgIpc) is 2.60. The van der Waals surface area contributed by atoms with Crippen molar-refractivity contribution in [1.82, 2.24) is 5.43 Å². The topological polar surface area (TPSA) is 93.8 Å². The lowest BCUT2D eigenvalue weighted by atomic mass is 10.1. The first-order valence-corrected chi connectivity index (χ1v) is 7.37. The zero-order valence-corrected chi connectivity index (χ0v) is 13.1. The highest BCUT2D eigenvalue weighted by molar-refractivity contribution is 5.83. The number of nitro benzene ring substituents is 1. The van der Waals surface area contributed by atoms with Gasteiger partial charge < -0.3 is 4.74 Å². The second kappa shape index (κ2) is 8.42. The molecular formula is C17H17N3O4. The summed E-state index contributed by atoms with van der Waals surface area (Å²) in [5, 5.41) is 14.3. The Balaban J connectivity index is 1.83. The fourth-order valence-electron chi connectivity index (χ4n) is 1.97. The predicted octanol–water partition coefficient (Wildman–Crippen LogP) is 2.69. The van der Waals surface area contributed by atoms with E-state index < -0.39 is 4.92 Å². The van der Waals surface area contributed by atoms with Crippen molar-refractivity contribution in [2.75, 3.05) is 6.61 Å². The molecule has 2 aromatic rings. The third-order valence-electron chi connectivity index (χ3n) is 3.22. The predicted molar refractivity (Wildman–Crippen MR) is 90.1 cm³/mol. The van der Waals surface area contributed by atoms with Crippen LogP contribution in [0.3, 0.4) is 0 Å². The quantitative estimate of drug-likeness (QED) is 0.480. The first kappa shape index (κ1) is 17.1. The van der Waals surface area contributed by atoms with E-state index in [0.29, 0.717) is 11.3 Å². The maximum absolute atomic E-state index is 11.7. The molecule has 0 saturated carbocycles. The molecule has 0 heterocycles. The van der Waals surface area contributed by atoms with Crippen LogP contribution in [0.2, 0.25) is 0 Å². The average molecular weight is 327 g/mol. The summed E-state index contributed by atoms with van der Waals surface area (Å²) in [4.78, 5) is 21.8. The summed E-state index contributed by atoms with van der Waals surface area (Å²) in [5.41, 5.74) is 4.01. The van der Waals surface area contributed by atoms with E-state index in [9.17, 15) is 14.9 Å². The smallest absolute Gasteiger partial charge is 0.277 e. The van der Waals surface area contributed by atoms with Crippen LogP contribution in [0.25, 0.3) is 0 Å². The molecule has 0 aliphatic carbocycles. The molecule has 0 saturated heterocycles. The minimum atomic E-state index is -0.478. The van der Waals surface area contributed by atoms with Crippen molar-refractivity contribution in [2.45, 2.75) is 13.3 Å². The minimum absolute atomic E-state index is 0.000764. The Morgan fingerprint density at radius 2 is 1.96 bits per heavy atom. The van der Waals surface area contributed by atoms with Gasteiger partial charge in [0.15, 0.2) is 6.61 Å². The number of carbonyl (C=O) groups excluding carboxylic acids is 1. The third kappa shape index (κ3) is 4.91. The van der Waals surface area contributed by atoms with Crippen LogP contribution in [0.4, 0.5) is 5.69 Å². The van der Waals surface area contributed by atoms with E-state index in [4.69, 9.17) is 4.74 Å². The molecule has 7 nitrogen and oxygen atoms in total. The standard InChI is InChI=1S/C17H17N3O4/c1-2-14-5-3-4-6-16(14)24-12-17(21)19-18-11-13-7-9-15(10-8-13)20(22)23/h3-11H,2,12H2,1H3,(H,19,21)/b18-11+. The number of nitrogens with one attached hydrogen (secondary N) is 1. The highest BCUT2D eigenvalue weighted by atomic mass is 16.6. The number of rotatable bonds is 7. The molecule has 2 aromatic carbocycles. The molecule has 0 fully saturated rings. The van der Waals surface area contributed by atoms with Crippen LogP contribution in [-0.2, 0) is 11.2 Å². The fraction of sp³-hybridized carbons (Fsp3) is 0.176. The molecule has 0 radical (unpaired) electrons. The minimum Gasteiger partial charge on any atom is -0.483 e. The maximum Gasteiger partial charge on any atom is 0.277 e. The maximum atomic E-state index is 11.7. The normalized spacial score (nSPS) is 10.5. The second-order valence-corrected chi connectivity index (χ2v) is 4.89. The van der Waals surface area contributed by atoms with Gasteiger partial charge >= 0.3 is 0 Å². The SMILES string of the molecule is CCc1ccccc1OCC(=O)N/N=C/c1ccc([N+](=O)[O-])cc1. The summed E-state index contributed by atoms with van der Waals surface area (Å²) in [6.07, 6.45) is 2.22. The van der Waals surface area contributed by atoms with Gasteiger partial charge in [0.25, 0.3) is 11.6 Å². The number of hydrogen-bond acceptors (Lipinski definition) is 5. The van der Waals surface area contributed by atoms with Gasteiger partial charge in [-0.3, -0.25) is 14.9 Å². The lowest BCUT2D eigenvalue weighted by Gasteiger charge is -2.08. The van der Waals surface area contributed by atoms with E-state index in [0.717, 1.165) is 12.0 Å². The molecule has 0 aromatic heterocycles. The van der Waals surface area contributed by atoms with Crippen LogP contribution in [0.5, 0.6) is 5.75 Å². The Bertz CT molecular complexity index is 742. The summed E-state index contributed by atoms with van der Waals surface area (Å²) in [6.45, 7) is 1.87. The summed E-state index contributed by atoms with van der Waals surface area (Å²) < 4.78 is 5.47.